The number of rotatable bonds is 85. The summed E-state index contributed by atoms with van der Waals surface area (Å²) in [7, 11) is -9.93. The van der Waals surface area contributed by atoms with E-state index in [0.29, 0.717) is 25.7 Å². The molecule has 0 fully saturated rings. The van der Waals surface area contributed by atoms with Crippen molar-refractivity contribution in [2.75, 3.05) is 39.6 Å². The van der Waals surface area contributed by atoms with Crippen LogP contribution in [-0.2, 0) is 65.4 Å². The average molecular weight is 1540 g/mol. The molecule has 17 nitrogen and oxygen atoms in total. The van der Waals surface area contributed by atoms with Gasteiger partial charge < -0.3 is 33.8 Å². The number of phosphoric ester groups is 2. The van der Waals surface area contributed by atoms with Gasteiger partial charge in [-0.1, -0.05) is 408 Å². The van der Waals surface area contributed by atoms with Crippen LogP contribution in [0.25, 0.3) is 0 Å². The molecule has 6 atom stereocenters. The number of hydrogen-bond donors (Lipinski definition) is 3. The van der Waals surface area contributed by atoms with Crippen molar-refractivity contribution in [3.63, 3.8) is 0 Å². The van der Waals surface area contributed by atoms with Gasteiger partial charge in [-0.2, -0.15) is 0 Å². The van der Waals surface area contributed by atoms with E-state index in [-0.39, 0.29) is 25.7 Å². The molecule has 0 heterocycles. The molecule has 0 spiro atoms. The normalized spacial score (nSPS) is 14.1. The van der Waals surface area contributed by atoms with E-state index in [1.54, 1.807) is 0 Å². The summed E-state index contributed by atoms with van der Waals surface area (Å²) in [6.45, 7) is 9.76. The SMILES string of the molecule is CCCCCCCCCCCCCCCCCC(=O)O[C@H](COC(=O)CCCCCCCCCCCCCCC)COP(=O)(O)OC[C@H](O)COP(=O)(O)OC[C@@H](COC(=O)CCCCCCCCCCCCCCC(C)C)OC(=O)CCCCCCCCCCCCCCCCCCCCC(C)CC. The van der Waals surface area contributed by atoms with Crippen molar-refractivity contribution in [3.05, 3.63) is 0 Å². The van der Waals surface area contributed by atoms with Gasteiger partial charge in [0.05, 0.1) is 26.4 Å². The molecule has 19 heteroatoms. The van der Waals surface area contributed by atoms with Gasteiger partial charge in [-0.05, 0) is 37.5 Å². The van der Waals surface area contributed by atoms with Crippen molar-refractivity contribution in [1.82, 2.24) is 0 Å². The van der Waals surface area contributed by atoms with Crippen LogP contribution in [0.2, 0.25) is 0 Å². The molecule has 0 radical (unpaired) electrons. The van der Waals surface area contributed by atoms with Crippen molar-refractivity contribution in [2.24, 2.45) is 11.8 Å². The fourth-order valence-corrected chi connectivity index (χ4v) is 15.0. The molecule has 0 aromatic heterocycles. The second-order valence-electron chi connectivity index (χ2n) is 31.6. The van der Waals surface area contributed by atoms with Gasteiger partial charge in [0.2, 0.25) is 0 Å². The van der Waals surface area contributed by atoms with Gasteiger partial charge in [0.15, 0.2) is 12.2 Å². The maximum Gasteiger partial charge on any atom is 0.472 e. The Balaban J connectivity index is 5.24. The lowest BCUT2D eigenvalue weighted by molar-refractivity contribution is -0.161. The van der Waals surface area contributed by atoms with E-state index < -0.39 is 97.5 Å². The van der Waals surface area contributed by atoms with E-state index in [2.05, 4.69) is 41.5 Å². The van der Waals surface area contributed by atoms with Crippen LogP contribution >= 0.6 is 15.6 Å². The molecule has 0 aliphatic carbocycles. The van der Waals surface area contributed by atoms with Gasteiger partial charge in [-0.3, -0.25) is 37.3 Å². The second kappa shape index (κ2) is 77.4. The third kappa shape index (κ3) is 78.5. The third-order valence-corrected chi connectivity index (χ3v) is 22.5. The number of hydrogen-bond acceptors (Lipinski definition) is 15. The van der Waals surface area contributed by atoms with Crippen molar-refractivity contribution >= 4 is 39.5 Å². The Morgan fingerprint density at radius 2 is 0.486 bits per heavy atom. The number of esters is 4. The molecule has 0 aliphatic rings. The Labute approximate surface area is 645 Å². The number of aliphatic hydroxyl groups is 1. The Morgan fingerprint density at radius 1 is 0.276 bits per heavy atom. The minimum absolute atomic E-state index is 0.109. The fraction of sp³-hybridized carbons (Fsp3) is 0.953. The van der Waals surface area contributed by atoms with Crippen molar-refractivity contribution in [3.8, 4) is 0 Å². The number of unbranched alkanes of at least 4 members (excludes halogenated alkanes) is 54. The van der Waals surface area contributed by atoms with Crippen LogP contribution in [-0.4, -0.2) is 96.7 Å². The predicted molar refractivity (Wildman–Crippen MR) is 432 cm³/mol. The van der Waals surface area contributed by atoms with Gasteiger partial charge in [-0.25, -0.2) is 9.13 Å². The van der Waals surface area contributed by atoms with E-state index >= 15 is 0 Å². The van der Waals surface area contributed by atoms with Gasteiger partial charge >= 0.3 is 39.5 Å². The molecule has 3 N–H and O–H groups in total. The molecular weight excluding hydrogens is 1370 g/mol. The fourth-order valence-electron chi connectivity index (χ4n) is 13.4. The molecule has 624 valence electrons. The van der Waals surface area contributed by atoms with Gasteiger partial charge in [-0.15, -0.1) is 0 Å². The van der Waals surface area contributed by atoms with E-state index in [1.165, 1.54) is 276 Å². The summed E-state index contributed by atoms with van der Waals surface area (Å²) in [5.74, 6) is -0.446. The lowest BCUT2D eigenvalue weighted by Crippen LogP contribution is -2.30. The Morgan fingerprint density at radius 3 is 0.724 bits per heavy atom. The molecular formula is C86H168O17P2. The second-order valence-corrected chi connectivity index (χ2v) is 34.6. The Kier molecular flexibility index (Phi) is 76.0. The Hall–Kier alpha value is -1.94. The zero-order valence-electron chi connectivity index (χ0n) is 69.0. The van der Waals surface area contributed by atoms with Crippen molar-refractivity contribution in [1.29, 1.82) is 0 Å². The maximum absolute atomic E-state index is 13.1. The number of aliphatic hydroxyl groups excluding tert-OH is 1. The predicted octanol–water partition coefficient (Wildman–Crippen LogP) is 26.2. The molecule has 0 aromatic carbocycles. The summed E-state index contributed by atoms with van der Waals surface area (Å²) in [5, 5.41) is 10.7. The highest BCUT2D eigenvalue weighted by molar-refractivity contribution is 7.47. The van der Waals surface area contributed by atoms with Gasteiger partial charge in [0.1, 0.15) is 19.3 Å². The van der Waals surface area contributed by atoms with Crippen LogP contribution in [0.4, 0.5) is 0 Å². The highest BCUT2D eigenvalue weighted by Gasteiger charge is 2.30. The molecule has 0 saturated heterocycles. The first-order valence-electron chi connectivity index (χ1n) is 44.5. The van der Waals surface area contributed by atoms with E-state index in [1.807, 2.05) is 0 Å². The summed E-state index contributed by atoms with van der Waals surface area (Å²) in [6, 6.07) is 0. The molecule has 3 unspecified atom stereocenters. The van der Waals surface area contributed by atoms with Crippen LogP contribution in [0.5, 0.6) is 0 Å². The van der Waals surface area contributed by atoms with Gasteiger partial charge in [0.25, 0.3) is 0 Å². The van der Waals surface area contributed by atoms with Crippen LogP contribution < -0.4 is 0 Å². The molecule has 105 heavy (non-hydrogen) atoms. The first kappa shape index (κ1) is 103. The third-order valence-electron chi connectivity index (χ3n) is 20.6. The number of phosphoric acid groups is 2. The zero-order valence-corrected chi connectivity index (χ0v) is 70.8. The van der Waals surface area contributed by atoms with Crippen LogP contribution in [0, 0.1) is 11.8 Å². The van der Waals surface area contributed by atoms with Crippen LogP contribution in [0.1, 0.15) is 459 Å². The summed E-state index contributed by atoms with van der Waals surface area (Å²) in [6.07, 6.45) is 69.2. The number of ether oxygens (including phenoxy) is 4. The molecule has 0 rings (SSSR count). The highest BCUT2D eigenvalue weighted by Crippen LogP contribution is 2.45. The van der Waals surface area contributed by atoms with Crippen LogP contribution in [0.3, 0.4) is 0 Å². The van der Waals surface area contributed by atoms with E-state index in [4.69, 9.17) is 37.0 Å². The average Bonchev–Trinajstić information content (AvgIpc) is 0.903. The van der Waals surface area contributed by atoms with E-state index in [0.717, 1.165) is 102 Å². The highest BCUT2D eigenvalue weighted by atomic mass is 31.2. The van der Waals surface area contributed by atoms with Crippen molar-refractivity contribution < 1.29 is 80.2 Å². The lowest BCUT2D eigenvalue weighted by atomic mass is 9.99. The maximum atomic E-state index is 13.1. The quantitative estimate of drug-likeness (QED) is 0.0222. The summed E-state index contributed by atoms with van der Waals surface area (Å²) in [5.41, 5.74) is 0. The minimum atomic E-state index is -4.97. The molecule has 0 aromatic rings. The van der Waals surface area contributed by atoms with Gasteiger partial charge in [0, 0.05) is 25.7 Å². The Bertz CT molecular complexity index is 2010. The first-order valence-corrected chi connectivity index (χ1v) is 47.5. The summed E-state index contributed by atoms with van der Waals surface area (Å²) >= 11 is 0. The summed E-state index contributed by atoms with van der Waals surface area (Å²) in [4.78, 5) is 73.2. The number of carbonyl (C=O) groups is 4. The lowest BCUT2D eigenvalue weighted by Gasteiger charge is -2.21. The zero-order chi connectivity index (χ0) is 77.1. The largest absolute Gasteiger partial charge is 0.472 e. The minimum Gasteiger partial charge on any atom is -0.462 e. The molecule has 0 bridgehead atoms. The number of carbonyl (C=O) groups excluding carboxylic acids is 4. The van der Waals surface area contributed by atoms with Crippen molar-refractivity contribution in [2.45, 2.75) is 477 Å². The smallest absolute Gasteiger partial charge is 0.462 e. The van der Waals surface area contributed by atoms with E-state index in [9.17, 15) is 43.2 Å². The topological polar surface area (TPSA) is 237 Å². The first-order chi connectivity index (χ1) is 50.9. The molecule has 0 amide bonds. The molecule has 0 aliphatic heterocycles. The molecule has 0 saturated carbocycles. The monoisotopic (exact) mass is 1540 g/mol. The van der Waals surface area contributed by atoms with Crippen LogP contribution in [0.15, 0.2) is 0 Å². The summed E-state index contributed by atoms with van der Waals surface area (Å²) < 4.78 is 68.9. The standard InChI is InChI=1S/C86H168O17P2/c1-7-10-12-14-16-18-20-22-27-32-40-46-52-58-64-70-85(90)102-81(74-96-83(88)68-62-56-50-44-38-30-21-19-17-15-13-11-8-2)76-100-104(92,93)98-72-80(87)73-99-105(94,95)101-77-82(75-97-84(89)69-63-57-51-45-39-35-34-36-42-48-54-60-66-78(4)5)103-86(91)71-65-59-53-47-41-33-29-26-24-23-25-28-31-37-43-49-55-61-67-79(6)9-3/h78-82,87H,7-77H2,1-6H3,(H,92,93)(H,94,95)/t79?,80-,81+,82+/m0/s1.